The molecule has 4 aromatic heterocycles. The molecule has 0 N–H and O–H groups in total. The maximum atomic E-state index is 7.07. The highest BCUT2D eigenvalue weighted by atomic mass is 16.3. The van der Waals surface area contributed by atoms with E-state index < -0.39 is 0 Å². The van der Waals surface area contributed by atoms with Gasteiger partial charge in [-0.05, 0) is 96.4 Å². The van der Waals surface area contributed by atoms with Crippen LogP contribution in [0.4, 0.5) is 0 Å². The molecule has 0 aliphatic heterocycles. The molecule has 0 bridgehead atoms. The Morgan fingerprint density at radius 1 is 0.429 bits per heavy atom. The fraction of sp³-hybridized carbons (Fsp3) is 0.0156. The second-order valence-electron chi connectivity index (χ2n) is 17.6. The smallest absolute Gasteiger partial charge is 0.167 e. The maximum Gasteiger partial charge on any atom is 0.167 e. The van der Waals surface area contributed by atoms with E-state index in [1.54, 1.807) is 6.08 Å². The average Bonchev–Trinajstić information content (AvgIpc) is 4.07. The van der Waals surface area contributed by atoms with E-state index in [9.17, 15) is 0 Å². The predicted molar refractivity (Wildman–Crippen MR) is 288 cm³/mol. The lowest BCUT2D eigenvalue weighted by Gasteiger charge is -2.10. The molecule has 0 unspecified atom stereocenters. The highest BCUT2D eigenvalue weighted by molar-refractivity contribution is 6.14. The Kier molecular flexibility index (Phi) is 9.77. The number of hydrogen-bond donors (Lipinski definition) is 0. The van der Waals surface area contributed by atoms with Gasteiger partial charge in [-0.2, -0.15) is 0 Å². The van der Waals surface area contributed by atoms with Gasteiger partial charge in [0, 0.05) is 60.6 Å². The van der Waals surface area contributed by atoms with E-state index >= 15 is 0 Å². The largest absolute Gasteiger partial charge is 0.455 e. The van der Waals surface area contributed by atoms with Crippen molar-refractivity contribution >= 4 is 60.2 Å². The molecule has 0 saturated carbocycles. The van der Waals surface area contributed by atoms with E-state index in [0.717, 1.165) is 77.7 Å². The third kappa shape index (κ3) is 6.76. The fourth-order valence-electron chi connectivity index (χ4n) is 10.3. The molecule has 70 heavy (non-hydrogen) atoms. The van der Waals surface area contributed by atoms with Gasteiger partial charge in [-0.25, -0.2) is 15.0 Å². The number of rotatable bonds is 9. The molecule has 9 aromatic carbocycles. The Hall–Kier alpha value is -9.39. The van der Waals surface area contributed by atoms with Crippen molar-refractivity contribution in [1.29, 1.82) is 0 Å². The number of nitrogens with zero attached hydrogens (tertiary/aromatic N) is 5. The first-order valence-electron chi connectivity index (χ1n) is 23.5. The number of furan rings is 1. The lowest BCUT2D eigenvalue weighted by Crippen LogP contribution is -2.04. The molecule has 0 atom stereocenters. The first-order chi connectivity index (χ1) is 34.6. The molecule has 0 radical (unpaired) electrons. The summed E-state index contributed by atoms with van der Waals surface area (Å²) < 4.78 is 11.8. The van der Waals surface area contributed by atoms with Gasteiger partial charge in [-0.3, -0.25) is 0 Å². The summed E-state index contributed by atoms with van der Waals surface area (Å²) in [4.78, 5) is 15.1. The molecule has 0 saturated heterocycles. The van der Waals surface area contributed by atoms with Crippen molar-refractivity contribution in [2.45, 2.75) is 6.92 Å². The molecule has 0 amide bonds. The zero-order valence-corrected chi connectivity index (χ0v) is 38.3. The molecule has 4 heterocycles. The average molecular weight is 898 g/mol. The van der Waals surface area contributed by atoms with Crippen LogP contribution in [0.5, 0.6) is 0 Å². The first kappa shape index (κ1) is 40.8. The van der Waals surface area contributed by atoms with Crippen LogP contribution in [-0.4, -0.2) is 24.1 Å². The molecule has 13 aromatic rings. The van der Waals surface area contributed by atoms with Gasteiger partial charge >= 0.3 is 0 Å². The van der Waals surface area contributed by atoms with E-state index in [1.807, 2.05) is 66.7 Å². The summed E-state index contributed by atoms with van der Waals surface area (Å²) in [6.45, 7) is 6.22. The van der Waals surface area contributed by atoms with Gasteiger partial charge in [0.05, 0.1) is 27.6 Å². The van der Waals surface area contributed by atoms with Gasteiger partial charge in [0.25, 0.3) is 0 Å². The zero-order chi connectivity index (χ0) is 46.7. The fourth-order valence-corrected chi connectivity index (χ4v) is 10.3. The summed E-state index contributed by atoms with van der Waals surface area (Å²) in [6, 6.07) is 77.0. The molecule has 0 fully saturated rings. The van der Waals surface area contributed by atoms with E-state index in [0.29, 0.717) is 23.2 Å². The highest BCUT2D eigenvalue weighted by Crippen LogP contribution is 2.42. The van der Waals surface area contributed by atoms with Crippen molar-refractivity contribution < 1.29 is 4.42 Å². The highest BCUT2D eigenvalue weighted by Gasteiger charge is 2.23. The summed E-state index contributed by atoms with van der Waals surface area (Å²) in [5, 5.41) is 5.79. The van der Waals surface area contributed by atoms with E-state index in [4.69, 9.17) is 19.4 Å². The van der Waals surface area contributed by atoms with Gasteiger partial charge in [-0.1, -0.05) is 164 Å². The van der Waals surface area contributed by atoms with Crippen molar-refractivity contribution in [2.75, 3.05) is 0 Å². The van der Waals surface area contributed by atoms with Crippen molar-refractivity contribution in [3.05, 3.63) is 254 Å². The van der Waals surface area contributed by atoms with Crippen LogP contribution in [0.25, 0.3) is 117 Å². The van der Waals surface area contributed by atoms with Crippen molar-refractivity contribution in [3.63, 3.8) is 0 Å². The lowest BCUT2D eigenvalue weighted by atomic mass is 9.98. The van der Waals surface area contributed by atoms with Crippen molar-refractivity contribution in [2.24, 2.45) is 0 Å². The first-order valence-corrected chi connectivity index (χ1v) is 23.5. The molecule has 6 heteroatoms. The topological polar surface area (TPSA) is 61.7 Å². The van der Waals surface area contributed by atoms with Crippen LogP contribution in [0.15, 0.2) is 242 Å². The Morgan fingerprint density at radius 3 is 1.44 bits per heavy atom. The van der Waals surface area contributed by atoms with Crippen LogP contribution in [0.1, 0.15) is 17.1 Å². The van der Waals surface area contributed by atoms with Crippen LogP contribution in [0, 0.1) is 6.92 Å². The minimum Gasteiger partial charge on any atom is -0.455 e. The van der Waals surface area contributed by atoms with Crippen LogP contribution in [0.2, 0.25) is 0 Å². The summed E-state index contributed by atoms with van der Waals surface area (Å²) in [6.07, 6.45) is 3.70. The van der Waals surface area contributed by atoms with Gasteiger partial charge in [0.1, 0.15) is 11.3 Å². The molecular weight excluding hydrogens is 855 g/mol. The van der Waals surface area contributed by atoms with Gasteiger partial charge in [-0.15, -0.1) is 0 Å². The number of fused-ring (bicyclic) bond motifs is 7. The van der Waals surface area contributed by atoms with Crippen LogP contribution in [-0.2, 0) is 0 Å². The number of benzene rings is 9. The number of allylic oxidation sites excluding steroid dienone is 2. The summed E-state index contributed by atoms with van der Waals surface area (Å²) in [5.41, 5.74) is 15.6. The van der Waals surface area contributed by atoms with Crippen LogP contribution < -0.4 is 0 Å². The van der Waals surface area contributed by atoms with Gasteiger partial charge < -0.3 is 13.6 Å². The molecule has 6 nitrogen and oxygen atoms in total. The number of para-hydroxylation sites is 4. The summed E-state index contributed by atoms with van der Waals surface area (Å²) >= 11 is 0. The molecule has 0 aliphatic rings. The van der Waals surface area contributed by atoms with E-state index in [-0.39, 0.29) is 0 Å². The van der Waals surface area contributed by atoms with E-state index in [1.165, 1.54) is 32.8 Å². The SMILES string of the molecule is C=C/C=C(/c1nc(-c2ccccc2)nc(-c2ccccc2)n1)c1oc2c(-c3ccc4c(c3)c3cc(-c5ccc6c(c5)c5ccccc5n6-c5ccccc5)ccc3n4-c3ccccc3)cccc2c1C. The normalized spacial score (nSPS) is 11.9. The minimum absolute atomic E-state index is 0.503. The number of aryl methyl sites for hydroxylation is 1. The molecule has 0 spiro atoms. The molecule has 330 valence electrons. The minimum atomic E-state index is 0.503. The van der Waals surface area contributed by atoms with Crippen LogP contribution in [0.3, 0.4) is 0 Å². The Morgan fingerprint density at radius 2 is 0.886 bits per heavy atom. The third-order valence-corrected chi connectivity index (χ3v) is 13.5. The quantitative estimate of drug-likeness (QED) is 0.135. The molecule has 0 aliphatic carbocycles. The molecule has 13 rings (SSSR count). The van der Waals surface area contributed by atoms with Crippen LogP contribution >= 0.6 is 0 Å². The predicted octanol–water partition coefficient (Wildman–Crippen LogP) is 16.4. The van der Waals surface area contributed by atoms with Crippen molar-refractivity contribution in [1.82, 2.24) is 24.1 Å². The second kappa shape index (κ2) is 16.7. The third-order valence-electron chi connectivity index (χ3n) is 13.5. The monoisotopic (exact) mass is 897 g/mol. The van der Waals surface area contributed by atoms with Gasteiger partial charge in [0.2, 0.25) is 0 Å². The number of hydrogen-bond acceptors (Lipinski definition) is 4. The Balaban J connectivity index is 0.967. The Bertz CT molecular complexity index is 4130. The summed E-state index contributed by atoms with van der Waals surface area (Å²) in [5.74, 6) is 2.34. The zero-order valence-electron chi connectivity index (χ0n) is 38.3. The lowest BCUT2D eigenvalue weighted by molar-refractivity contribution is 0.597. The standard InChI is InChI=1S/C64H43N5O/c1-3-19-52(64-66-62(42-20-8-4-9-21-42)65-63(67-64)43-22-10-5-11-23-43)60-41(2)49-29-18-30-50(61(49)70-60)46-34-37-59-55(40-46)54-39-45(33-36-58(54)69(59)48-26-14-7-15-27-48)44-32-35-57-53(38-44)51-28-16-17-31-56(51)68(57)47-24-12-6-13-25-47/h3-40H,1H2,2H3/b52-19+. The summed E-state index contributed by atoms with van der Waals surface area (Å²) in [7, 11) is 0. The number of aromatic nitrogens is 5. The molecular formula is C64H43N5O. The van der Waals surface area contributed by atoms with E-state index in [2.05, 4.69) is 180 Å². The second-order valence-corrected chi connectivity index (χ2v) is 17.6. The van der Waals surface area contributed by atoms with Gasteiger partial charge in [0.15, 0.2) is 17.5 Å². The Labute approximate surface area is 404 Å². The van der Waals surface area contributed by atoms with Crippen molar-refractivity contribution in [3.8, 4) is 56.4 Å². The maximum absolute atomic E-state index is 7.07.